The quantitative estimate of drug-likeness (QED) is 0.676. The summed E-state index contributed by atoms with van der Waals surface area (Å²) in [6, 6.07) is 9.26. The number of likely N-dealkylation sites (tertiary alicyclic amines) is 1. The maximum absolute atomic E-state index is 12.8. The summed E-state index contributed by atoms with van der Waals surface area (Å²) in [5, 5.41) is 5.57. The Bertz CT molecular complexity index is 1070. The third-order valence-electron chi connectivity index (χ3n) is 5.73. The van der Waals surface area contributed by atoms with Crippen LogP contribution in [0, 0.1) is 13.8 Å². The van der Waals surface area contributed by atoms with E-state index in [0.717, 1.165) is 24.2 Å². The second-order valence-corrected chi connectivity index (χ2v) is 8.72. The number of hydrogen-bond acceptors (Lipinski definition) is 5. The summed E-state index contributed by atoms with van der Waals surface area (Å²) < 4.78 is 5.79. The number of nitrogens with one attached hydrogen (secondary N) is 1. The average Bonchev–Trinajstić information content (AvgIpc) is 3.25. The summed E-state index contributed by atoms with van der Waals surface area (Å²) in [6.07, 6.45) is 3.64. The number of nitrogens with zero attached hydrogens (tertiary/aromatic N) is 1. The minimum Gasteiger partial charge on any atom is -0.451 e. The molecular weight excluding hydrogens is 384 g/mol. The van der Waals surface area contributed by atoms with Gasteiger partial charge in [-0.05, 0) is 74.5 Å². The van der Waals surface area contributed by atoms with Crippen molar-refractivity contribution in [2.45, 2.75) is 39.2 Å². The van der Waals surface area contributed by atoms with Crippen LogP contribution in [0.25, 0.3) is 11.0 Å². The predicted octanol–water partition coefficient (Wildman–Crippen LogP) is 4.43. The van der Waals surface area contributed by atoms with Crippen LogP contribution in [-0.4, -0.2) is 30.4 Å². The minimum atomic E-state index is -0.346. The first-order valence-corrected chi connectivity index (χ1v) is 11.0. The fourth-order valence-electron chi connectivity index (χ4n) is 3.92. The van der Waals surface area contributed by atoms with E-state index in [1.165, 1.54) is 30.2 Å². The molecule has 1 aromatic carbocycles. The summed E-state index contributed by atoms with van der Waals surface area (Å²) in [7, 11) is 0. The smallest absolute Gasteiger partial charge is 0.287 e. The number of amides is 1. The highest BCUT2D eigenvalue weighted by Gasteiger charge is 2.24. The molecule has 3 heterocycles. The van der Waals surface area contributed by atoms with Gasteiger partial charge in [-0.2, -0.15) is 0 Å². The minimum absolute atomic E-state index is 0.0642. The molecule has 0 unspecified atom stereocenters. The number of carbonyl (C=O) groups excluding carboxylic acids is 1. The largest absolute Gasteiger partial charge is 0.451 e. The van der Waals surface area contributed by atoms with Crippen LogP contribution in [0.3, 0.4) is 0 Å². The van der Waals surface area contributed by atoms with E-state index in [0.29, 0.717) is 17.5 Å². The van der Waals surface area contributed by atoms with Gasteiger partial charge in [-0.1, -0.05) is 12.5 Å². The standard InChI is InChI=1S/C23H26N2O3S/c1-15-11-17-19(26)13-21(28-20(17)12-16(15)2)23(27)24-14-18(22-7-6-10-29-22)25-8-4-3-5-9-25/h6-7,10-13,18H,3-5,8-9,14H2,1-2H3,(H,24,27)/t18-/m1/s1. The van der Waals surface area contributed by atoms with E-state index in [-0.39, 0.29) is 23.1 Å². The molecule has 1 aliphatic rings. The van der Waals surface area contributed by atoms with Crippen LogP contribution in [-0.2, 0) is 0 Å². The molecule has 6 heteroatoms. The third-order valence-corrected chi connectivity index (χ3v) is 6.70. The normalized spacial score (nSPS) is 16.1. The molecule has 152 valence electrons. The molecule has 5 nitrogen and oxygen atoms in total. The Kier molecular flexibility index (Phi) is 5.83. The summed E-state index contributed by atoms with van der Waals surface area (Å²) in [5.41, 5.74) is 2.32. The SMILES string of the molecule is Cc1cc2oc(C(=O)NC[C@H](c3cccs3)N3CCCCC3)cc(=O)c2cc1C. The first-order valence-electron chi connectivity index (χ1n) is 10.1. The first kappa shape index (κ1) is 19.9. The number of fused-ring (bicyclic) bond motifs is 1. The van der Waals surface area contributed by atoms with Crippen molar-refractivity contribution >= 4 is 28.2 Å². The van der Waals surface area contributed by atoms with E-state index in [4.69, 9.17) is 4.42 Å². The summed E-state index contributed by atoms with van der Waals surface area (Å²) >= 11 is 1.71. The van der Waals surface area contributed by atoms with Crippen LogP contribution in [0.15, 0.2) is 44.9 Å². The van der Waals surface area contributed by atoms with E-state index in [1.54, 1.807) is 11.3 Å². The molecular formula is C23H26N2O3S. The predicted molar refractivity (Wildman–Crippen MR) is 117 cm³/mol. The van der Waals surface area contributed by atoms with Gasteiger partial charge in [-0.25, -0.2) is 0 Å². The zero-order chi connectivity index (χ0) is 20.4. The molecule has 2 aromatic heterocycles. The summed E-state index contributed by atoms with van der Waals surface area (Å²) in [5.74, 6) is -0.282. The van der Waals surface area contributed by atoms with Crippen molar-refractivity contribution in [3.8, 4) is 0 Å². The molecule has 1 N–H and O–H groups in total. The van der Waals surface area contributed by atoms with Gasteiger partial charge >= 0.3 is 0 Å². The van der Waals surface area contributed by atoms with Crippen molar-refractivity contribution in [2.24, 2.45) is 0 Å². The Balaban J connectivity index is 1.55. The Morgan fingerprint density at radius 1 is 1.17 bits per heavy atom. The van der Waals surface area contributed by atoms with Crippen molar-refractivity contribution in [2.75, 3.05) is 19.6 Å². The number of carbonyl (C=O) groups is 1. The van der Waals surface area contributed by atoms with Crippen LogP contribution < -0.4 is 10.7 Å². The van der Waals surface area contributed by atoms with Crippen LogP contribution in [0.5, 0.6) is 0 Å². The van der Waals surface area contributed by atoms with E-state index < -0.39 is 0 Å². The molecule has 0 bridgehead atoms. The Hall–Kier alpha value is -2.44. The monoisotopic (exact) mass is 410 g/mol. The number of aryl methyl sites for hydroxylation is 2. The van der Waals surface area contributed by atoms with E-state index in [9.17, 15) is 9.59 Å². The number of hydrogen-bond donors (Lipinski definition) is 1. The van der Waals surface area contributed by atoms with Crippen molar-refractivity contribution in [1.29, 1.82) is 0 Å². The van der Waals surface area contributed by atoms with Crippen molar-refractivity contribution in [3.05, 3.63) is 67.7 Å². The molecule has 0 spiro atoms. The lowest BCUT2D eigenvalue weighted by Gasteiger charge is -2.34. The van der Waals surface area contributed by atoms with Crippen molar-refractivity contribution < 1.29 is 9.21 Å². The molecule has 29 heavy (non-hydrogen) atoms. The molecule has 0 aliphatic carbocycles. The molecule has 1 fully saturated rings. The van der Waals surface area contributed by atoms with Gasteiger partial charge in [0.05, 0.1) is 11.4 Å². The van der Waals surface area contributed by atoms with Crippen molar-refractivity contribution in [1.82, 2.24) is 10.2 Å². The van der Waals surface area contributed by atoms with Gasteiger partial charge in [0.1, 0.15) is 5.58 Å². The van der Waals surface area contributed by atoms with Gasteiger partial charge in [0.15, 0.2) is 11.2 Å². The van der Waals surface area contributed by atoms with Crippen LogP contribution >= 0.6 is 11.3 Å². The molecule has 1 saturated heterocycles. The lowest BCUT2D eigenvalue weighted by Crippen LogP contribution is -2.40. The molecule has 3 aromatic rings. The van der Waals surface area contributed by atoms with Gasteiger partial charge in [0, 0.05) is 17.5 Å². The van der Waals surface area contributed by atoms with E-state index in [2.05, 4.69) is 21.7 Å². The Morgan fingerprint density at radius 3 is 2.66 bits per heavy atom. The fraction of sp³-hybridized carbons (Fsp3) is 0.391. The number of thiophene rings is 1. The number of piperidine rings is 1. The highest BCUT2D eigenvalue weighted by molar-refractivity contribution is 7.10. The van der Waals surface area contributed by atoms with Crippen LogP contribution in [0.2, 0.25) is 0 Å². The molecule has 1 aliphatic heterocycles. The molecule has 4 rings (SSSR count). The fourth-order valence-corrected chi connectivity index (χ4v) is 4.78. The molecule has 0 radical (unpaired) electrons. The van der Waals surface area contributed by atoms with Gasteiger partial charge < -0.3 is 9.73 Å². The average molecular weight is 411 g/mol. The Labute approximate surface area is 174 Å². The lowest BCUT2D eigenvalue weighted by atomic mass is 10.1. The zero-order valence-corrected chi connectivity index (χ0v) is 17.7. The van der Waals surface area contributed by atoms with E-state index in [1.807, 2.05) is 32.0 Å². The maximum atomic E-state index is 12.8. The summed E-state index contributed by atoms with van der Waals surface area (Å²) in [4.78, 5) is 29.0. The number of rotatable bonds is 5. The van der Waals surface area contributed by atoms with Gasteiger partial charge in [-0.3, -0.25) is 14.5 Å². The second-order valence-electron chi connectivity index (χ2n) is 7.75. The Morgan fingerprint density at radius 2 is 1.93 bits per heavy atom. The van der Waals surface area contributed by atoms with Gasteiger partial charge in [-0.15, -0.1) is 11.3 Å². The highest BCUT2D eigenvalue weighted by Crippen LogP contribution is 2.27. The third kappa shape index (κ3) is 4.28. The van der Waals surface area contributed by atoms with Gasteiger partial charge in [0.25, 0.3) is 5.91 Å². The van der Waals surface area contributed by atoms with Gasteiger partial charge in [0.2, 0.25) is 0 Å². The first-order chi connectivity index (χ1) is 14.0. The molecule has 0 saturated carbocycles. The lowest BCUT2D eigenvalue weighted by molar-refractivity contribution is 0.0899. The van der Waals surface area contributed by atoms with Crippen LogP contribution in [0.4, 0.5) is 0 Å². The highest BCUT2D eigenvalue weighted by atomic mass is 32.1. The van der Waals surface area contributed by atoms with Crippen molar-refractivity contribution in [3.63, 3.8) is 0 Å². The zero-order valence-electron chi connectivity index (χ0n) is 16.9. The molecule has 1 amide bonds. The van der Waals surface area contributed by atoms with E-state index >= 15 is 0 Å². The summed E-state index contributed by atoms with van der Waals surface area (Å²) in [6.45, 7) is 6.50. The second kappa shape index (κ2) is 8.51. The maximum Gasteiger partial charge on any atom is 0.287 e. The van der Waals surface area contributed by atoms with Crippen LogP contribution in [0.1, 0.15) is 51.9 Å². The topological polar surface area (TPSA) is 62.6 Å². The number of benzene rings is 1. The molecule has 1 atom stereocenters.